The fourth-order valence-corrected chi connectivity index (χ4v) is 3.22. The Balaban J connectivity index is 2.28. The Bertz CT molecular complexity index is 1280. The monoisotopic (exact) mass is 378 g/mol. The summed E-state index contributed by atoms with van der Waals surface area (Å²) >= 11 is 0. The fraction of sp³-hybridized carbons (Fsp3) is 0. The second-order valence-electron chi connectivity index (χ2n) is 6.00. The van der Waals surface area contributed by atoms with E-state index in [0.29, 0.717) is 10.9 Å². The quantitative estimate of drug-likeness (QED) is 0.322. The molecular weight excluding hydrogens is 368 g/mol. The Labute approximate surface area is 155 Å². The molecule has 1 N–H and O–H groups in total. The van der Waals surface area contributed by atoms with E-state index in [2.05, 4.69) is 0 Å². The minimum atomic E-state index is -0.702. The van der Waals surface area contributed by atoms with E-state index in [1.165, 1.54) is 54.6 Å². The van der Waals surface area contributed by atoms with Crippen molar-refractivity contribution < 1.29 is 19.4 Å². The molecule has 1 heterocycles. The van der Waals surface area contributed by atoms with Crippen LogP contribution in [0.5, 0.6) is 5.75 Å². The van der Waals surface area contributed by atoms with Crippen LogP contribution in [0.1, 0.15) is 0 Å². The third kappa shape index (κ3) is 2.62. The third-order valence-corrected chi connectivity index (χ3v) is 4.34. The number of nitro benzene ring substituents is 2. The van der Waals surface area contributed by atoms with Crippen molar-refractivity contribution in [3.63, 3.8) is 0 Å². The van der Waals surface area contributed by atoms with Crippen molar-refractivity contribution in [2.75, 3.05) is 0 Å². The molecule has 2 aromatic carbocycles. The summed E-state index contributed by atoms with van der Waals surface area (Å²) in [7, 11) is 0. The summed E-state index contributed by atoms with van der Waals surface area (Å²) in [6.07, 6.45) is 0. The first-order valence-electron chi connectivity index (χ1n) is 7.98. The number of aromatic hydroxyl groups is 1. The van der Waals surface area contributed by atoms with Crippen molar-refractivity contribution in [3.05, 3.63) is 85.0 Å². The SMILES string of the molecule is O=c1ccc2c(-c3c([N+](=O)[O-])cccc3[N+](=O)[O-])c3ccc(O)cc3oc-2c1. The number of benzene rings is 3. The normalized spacial score (nSPS) is 11.0. The summed E-state index contributed by atoms with van der Waals surface area (Å²) in [6.45, 7) is 0. The molecule has 1 aliphatic heterocycles. The Morgan fingerprint density at radius 2 is 1.54 bits per heavy atom. The van der Waals surface area contributed by atoms with Gasteiger partial charge in [0, 0.05) is 40.8 Å². The summed E-state index contributed by atoms with van der Waals surface area (Å²) in [5.74, 6) is -0.0371. The van der Waals surface area contributed by atoms with Crippen LogP contribution in [-0.4, -0.2) is 15.0 Å². The fourth-order valence-electron chi connectivity index (χ4n) is 3.22. The second-order valence-corrected chi connectivity index (χ2v) is 6.00. The number of rotatable bonds is 3. The standard InChI is InChI=1S/C19H10N2O7/c22-10-4-6-12-16(8-10)28-17-9-11(23)5-7-13(17)18(12)19-14(20(24)25)2-1-3-15(19)21(26)27/h1-9,22H. The van der Waals surface area contributed by atoms with Gasteiger partial charge in [-0.05, 0) is 30.3 Å². The topological polar surface area (TPSA) is 137 Å². The number of hydrogen-bond donors (Lipinski definition) is 1. The van der Waals surface area contributed by atoms with Crippen LogP contribution in [0.2, 0.25) is 0 Å². The highest BCUT2D eigenvalue weighted by Gasteiger charge is 2.31. The lowest BCUT2D eigenvalue weighted by atomic mass is 9.91. The van der Waals surface area contributed by atoms with Gasteiger partial charge < -0.3 is 9.52 Å². The van der Waals surface area contributed by atoms with Gasteiger partial charge in [0.05, 0.1) is 9.85 Å². The highest BCUT2D eigenvalue weighted by Crippen LogP contribution is 2.47. The van der Waals surface area contributed by atoms with E-state index in [1.54, 1.807) is 0 Å². The highest BCUT2D eigenvalue weighted by molar-refractivity contribution is 6.06. The number of fused-ring (bicyclic) bond motifs is 2. The molecule has 2 aromatic rings. The molecule has 0 saturated carbocycles. The Kier molecular flexibility index (Phi) is 3.78. The summed E-state index contributed by atoms with van der Waals surface area (Å²) < 4.78 is 5.67. The molecule has 0 bridgehead atoms. The number of nitrogens with zero attached hydrogens (tertiary/aromatic N) is 2. The first-order chi connectivity index (χ1) is 13.4. The minimum absolute atomic E-state index is 0.0908. The molecule has 28 heavy (non-hydrogen) atoms. The molecule has 0 fully saturated rings. The average molecular weight is 378 g/mol. The van der Waals surface area contributed by atoms with Gasteiger partial charge in [-0.2, -0.15) is 0 Å². The van der Waals surface area contributed by atoms with Crippen molar-refractivity contribution in [3.8, 4) is 28.2 Å². The second kappa shape index (κ2) is 6.16. The van der Waals surface area contributed by atoms with E-state index in [-0.39, 0.29) is 33.6 Å². The largest absolute Gasteiger partial charge is 0.508 e. The molecule has 0 spiro atoms. The van der Waals surface area contributed by atoms with Crippen LogP contribution in [0.3, 0.4) is 0 Å². The van der Waals surface area contributed by atoms with Crippen LogP contribution < -0.4 is 5.43 Å². The van der Waals surface area contributed by atoms with E-state index >= 15 is 0 Å². The van der Waals surface area contributed by atoms with E-state index in [4.69, 9.17) is 4.42 Å². The third-order valence-electron chi connectivity index (χ3n) is 4.34. The number of phenolic OH excluding ortho intramolecular Hbond substituents is 1. The summed E-state index contributed by atoms with van der Waals surface area (Å²) in [6, 6.07) is 11.5. The van der Waals surface area contributed by atoms with Crippen LogP contribution >= 0.6 is 0 Å². The zero-order chi connectivity index (χ0) is 20.0. The van der Waals surface area contributed by atoms with Gasteiger partial charge in [-0.25, -0.2) is 0 Å². The van der Waals surface area contributed by atoms with Crippen molar-refractivity contribution in [1.82, 2.24) is 0 Å². The predicted octanol–water partition coefficient (Wildman–Crippen LogP) is 4.09. The summed E-state index contributed by atoms with van der Waals surface area (Å²) in [4.78, 5) is 33.6. The summed E-state index contributed by atoms with van der Waals surface area (Å²) in [5.41, 5.74) is -0.873. The molecule has 2 aliphatic rings. The molecule has 0 unspecified atom stereocenters. The molecule has 0 radical (unpaired) electrons. The maximum Gasteiger partial charge on any atom is 0.284 e. The van der Waals surface area contributed by atoms with Gasteiger partial charge in [-0.3, -0.25) is 25.0 Å². The Morgan fingerprint density at radius 3 is 2.18 bits per heavy atom. The van der Waals surface area contributed by atoms with Crippen molar-refractivity contribution >= 4 is 22.3 Å². The summed E-state index contributed by atoms with van der Waals surface area (Å²) in [5, 5.41) is 33.3. The van der Waals surface area contributed by atoms with Crippen LogP contribution in [0.4, 0.5) is 11.4 Å². The van der Waals surface area contributed by atoms with Crippen LogP contribution in [0, 0.1) is 20.2 Å². The first-order valence-corrected chi connectivity index (χ1v) is 7.98. The Hall–Kier alpha value is -4.27. The van der Waals surface area contributed by atoms with Gasteiger partial charge in [0.1, 0.15) is 22.7 Å². The van der Waals surface area contributed by atoms with E-state index in [1.807, 2.05) is 0 Å². The number of nitro groups is 2. The zero-order valence-corrected chi connectivity index (χ0v) is 14.0. The number of phenols is 1. The molecule has 4 rings (SSSR count). The molecule has 9 nitrogen and oxygen atoms in total. The van der Waals surface area contributed by atoms with Crippen molar-refractivity contribution in [1.29, 1.82) is 0 Å². The average Bonchev–Trinajstić information content (AvgIpc) is 2.65. The smallest absolute Gasteiger partial charge is 0.284 e. The van der Waals surface area contributed by atoms with E-state index in [0.717, 1.165) is 0 Å². The lowest BCUT2D eigenvalue weighted by Gasteiger charge is -2.15. The molecule has 0 aromatic heterocycles. The molecule has 1 aliphatic carbocycles. The van der Waals surface area contributed by atoms with Crippen LogP contribution in [-0.2, 0) is 0 Å². The molecule has 0 saturated heterocycles. The van der Waals surface area contributed by atoms with Crippen molar-refractivity contribution in [2.24, 2.45) is 0 Å². The lowest BCUT2D eigenvalue weighted by Crippen LogP contribution is -2.03. The van der Waals surface area contributed by atoms with Gasteiger partial charge >= 0.3 is 0 Å². The lowest BCUT2D eigenvalue weighted by molar-refractivity contribution is -0.392. The minimum Gasteiger partial charge on any atom is -0.508 e. The maximum absolute atomic E-state index is 11.8. The molecule has 138 valence electrons. The molecule has 9 heteroatoms. The van der Waals surface area contributed by atoms with Gasteiger partial charge in [-0.1, -0.05) is 0 Å². The van der Waals surface area contributed by atoms with Crippen molar-refractivity contribution in [2.45, 2.75) is 0 Å². The zero-order valence-electron chi connectivity index (χ0n) is 14.0. The highest BCUT2D eigenvalue weighted by atomic mass is 16.6. The molecular formula is C19H10N2O7. The van der Waals surface area contributed by atoms with E-state index in [9.17, 15) is 30.1 Å². The van der Waals surface area contributed by atoms with Gasteiger partial charge in [-0.15, -0.1) is 0 Å². The van der Waals surface area contributed by atoms with Gasteiger partial charge in [0.25, 0.3) is 11.4 Å². The first kappa shape index (κ1) is 17.2. The maximum atomic E-state index is 11.8. The molecule has 0 amide bonds. The molecule has 0 atom stereocenters. The van der Waals surface area contributed by atoms with Gasteiger partial charge in [0.15, 0.2) is 5.43 Å². The van der Waals surface area contributed by atoms with Gasteiger partial charge in [0.2, 0.25) is 0 Å². The van der Waals surface area contributed by atoms with E-state index < -0.39 is 21.2 Å². The van der Waals surface area contributed by atoms with Crippen LogP contribution in [0.25, 0.3) is 33.4 Å². The number of hydrogen-bond acceptors (Lipinski definition) is 7. The Morgan fingerprint density at radius 1 is 0.857 bits per heavy atom. The van der Waals surface area contributed by atoms with Crippen LogP contribution in [0.15, 0.2) is 63.8 Å². The predicted molar refractivity (Wildman–Crippen MR) is 99.5 cm³/mol.